The van der Waals surface area contributed by atoms with Crippen molar-refractivity contribution in [2.24, 2.45) is 0 Å². The van der Waals surface area contributed by atoms with Gasteiger partial charge >= 0.3 is 0 Å². The molecule has 0 bridgehead atoms. The van der Waals surface area contributed by atoms with Gasteiger partial charge in [-0.05, 0) is 55.6 Å². The predicted octanol–water partition coefficient (Wildman–Crippen LogP) is 4.96. The van der Waals surface area contributed by atoms with E-state index >= 15 is 0 Å². The van der Waals surface area contributed by atoms with E-state index in [0.29, 0.717) is 6.04 Å². The maximum Gasteiger partial charge on any atom is 0.0361 e. The van der Waals surface area contributed by atoms with Gasteiger partial charge < -0.3 is 5.32 Å². The van der Waals surface area contributed by atoms with Crippen LogP contribution in [-0.4, -0.2) is 6.54 Å². The first kappa shape index (κ1) is 15.3. The summed E-state index contributed by atoms with van der Waals surface area (Å²) in [6.07, 6.45) is 1.03. The van der Waals surface area contributed by atoms with Crippen LogP contribution in [0, 0.1) is 13.8 Å². The lowest BCUT2D eigenvalue weighted by Gasteiger charge is -2.20. The van der Waals surface area contributed by atoms with Gasteiger partial charge in [0.1, 0.15) is 0 Å². The number of benzene rings is 2. The number of aryl methyl sites for hydroxylation is 2. The van der Waals surface area contributed by atoms with Gasteiger partial charge in [0.25, 0.3) is 0 Å². The molecule has 0 aliphatic rings. The second-order valence-electron chi connectivity index (χ2n) is 5.30. The molecule has 0 heterocycles. The Morgan fingerprint density at radius 3 is 2.60 bits per heavy atom. The summed E-state index contributed by atoms with van der Waals surface area (Å²) in [4.78, 5) is 0. The van der Waals surface area contributed by atoms with Crippen LogP contribution in [0.5, 0.6) is 0 Å². The van der Waals surface area contributed by atoms with E-state index in [0.717, 1.165) is 17.4 Å². The lowest BCUT2D eigenvalue weighted by atomic mass is 9.95. The van der Waals surface area contributed by atoms with Gasteiger partial charge in [-0.25, -0.2) is 0 Å². The van der Waals surface area contributed by atoms with Crippen molar-refractivity contribution in [3.63, 3.8) is 0 Å². The maximum atomic E-state index is 3.60. The average Bonchev–Trinajstić information content (AvgIpc) is 2.42. The summed E-state index contributed by atoms with van der Waals surface area (Å²) in [5.74, 6) is 0. The maximum absolute atomic E-state index is 3.60. The lowest BCUT2D eigenvalue weighted by Crippen LogP contribution is -2.23. The highest BCUT2D eigenvalue weighted by Gasteiger charge is 2.13. The fourth-order valence-corrected chi connectivity index (χ4v) is 2.93. The van der Waals surface area contributed by atoms with Gasteiger partial charge in [-0.3, -0.25) is 0 Å². The van der Waals surface area contributed by atoms with Crippen molar-refractivity contribution < 1.29 is 0 Å². The van der Waals surface area contributed by atoms with Crippen LogP contribution in [0.1, 0.15) is 35.2 Å². The van der Waals surface area contributed by atoms with Crippen LogP contribution >= 0.6 is 15.9 Å². The van der Waals surface area contributed by atoms with E-state index in [9.17, 15) is 0 Å². The highest BCUT2D eigenvalue weighted by atomic mass is 79.9. The Labute approximate surface area is 130 Å². The van der Waals surface area contributed by atoms with Crippen molar-refractivity contribution in [1.82, 2.24) is 5.32 Å². The van der Waals surface area contributed by atoms with Gasteiger partial charge in [0.15, 0.2) is 0 Å². The molecule has 1 unspecified atom stereocenters. The minimum absolute atomic E-state index is 0.359. The van der Waals surface area contributed by atoms with Crippen molar-refractivity contribution in [2.45, 2.75) is 33.2 Å². The standard InChI is InChI=1S/C18H22BrN/c1-4-20-18(15-6-5-7-17(19)11-15)12-16-10-13(2)8-9-14(16)3/h5-11,18,20H,4,12H2,1-3H3. The molecule has 106 valence electrons. The Hall–Kier alpha value is -1.12. The molecule has 1 atom stereocenters. The van der Waals surface area contributed by atoms with Gasteiger partial charge in [0.2, 0.25) is 0 Å². The topological polar surface area (TPSA) is 12.0 Å². The fourth-order valence-electron chi connectivity index (χ4n) is 2.52. The fraction of sp³-hybridized carbons (Fsp3) is 0.333. The molecule has 0 aliphatic carbocycles. The van der Waals surface area contributed by atoms with E-state index < -0.39 is 0 Å². The zero-order valence-electron chi connectivity index (χ0n) is 12.4. The van der Waals surface area contributed by atoms with E-state index in [1.807, 2.05) is 0 Å². The Bertz CT molecular complexity index is 577. The number of halogens is 1. The highest BCUT2D eigenvalue weighted by Crippen LogP contribution is 2.23. The number of hydrogen-bond donors (Lipinski definition) is 1. The van der Waals surface area contributed by atoms with Gasteiger partial charge in [0.05, 0.1) is 0 Å². The summed E-state index contributed by atoms with van der Waals surface area (Å²) < 4.78 is 1.14. The molecular weight excluding hydrogens is 310 g/mol. The lowest BCUT2D eigenvalue weighted by molar-refractivity contribution is 0.548. The van der Waals surface area contributed by atoms with Crippen molar-refractivity contribution in [2.75, 3.05) is 6.54 Å². The van der Waals surface area contributed by atoms with Crippen molar-refractivity contribution in [1.29, 1.82) is 0 Å². The molecule has 0 aliphatic heterocycles. The van der Waals surface area contributed by atoms with E-state index in [2.05, 4.69) is 84.5 Å². The quantitative estimate of drug-likeness (QED) is 0.816. The zero-order valence-corrected chi connectivity index (χ0v) is 14.0. The monoisotopic (exact) mass is 331 g/mol. The summed E-state index contributed by atoms with van der Waals surface area (Å²) in [5, 5.41) is 3.60. The van der Waals surface area contributed by atoms with Crippen molar-refractivity contribution in [3.05, 3.63) is 69.2 Å². The van der Waals surface area contributed by atoms with Gasteiger partial charge in [-0.1, -0.05) is 58.7 Å². The average molecular weight is 332 g/mol. The van der Waals surface area contributed by atoms with E-state index in [1.54, 1.807) is 0 Å². The van der Waals surface area contributed by atoms with Gasteiger partial charge in [-0.15, -0.1) is 0 Å². The summed E-state index contributed by atoms with van der Waals surface area (Å²) >= 11 is 3.57. The normalized spacial score (nSPS) is 12.4. The van der Waals surface area contributed by atoms with Crippen LogP contribution in [0.2, 0.25) is 0 Å². The molecule has 0 fully saturated rings. The Balaban J connectivity index is 2.27. The molecule has 2 heteroatoms. The second kappa shape index (κ2) is 7.05. The van der Waals surface area contributed by atoms with E-state index in [-0.39, 0.29) is 0 Å². The minimum Gasteiger partial charge on any atom is -0.310 e. The minimum atomic E-state index is 0.359. The summed E-state index contributed by atoms with van der Waals surface area (Å²) in [7, 11) is 0. The van der Waals surface area contributed by atoms with Crippen LogP contribution < -0.4 is 5.32 Å². The van der Waals surface area contributed by atoms with Crippen LogP contribution in [0.25, 0.3) is 0 Å². The molecule has 0 saturated heterocycles. The number of hydrogen-bond acceptors (Lipinski definition) is 1. The molecule has 2 aromatic rings. The zero-order chi connectivity index (χ0) is 14.5. The molecule has 0 amide bonds. The Morgan fingerprint density at radius 2 is 1.90 bits per heavy atom. The third-order valence-corrected chi connectivity index (χ3v) is 4.12. The Kier molecular flexibility index (Phi) is 5.38. The third kappa shape index (κ3) is 3.94. The number of nitrogens with one attached hydrogen (secondary N) is 1. The number of rotatable bonds is 5. The third-order valence-electron chi connectivity index (χ3n) is 3.63. The van der Waals surface area contributed by atoms with Crippen LogP contribution in [-0.2, 0) is 6.42 Å². The SMILES string of the molecule is CCNC(Cc1cc(C)ccc1C)c1cccc(Br)c1. The molecule has 2 aromatic carbocycles. The molecule has 1 N–H and O–H groups in total. The number of likely N-dealkylation sites (N-methyl/N-ethyl adjacent to an activating group) is 1. The molecule has 0 aromatic heterocycles. The van der Waals surface area contributed by atoms with E-state index in [4.69, 9.17) is 0 Å². The highest BCUT2D eigenvalue weighted by molar-refractivity contribution is 9.10. The first-order valence-electron chi connectivity index (χ1n) is 7.15. The molecule has 20 heavy (non-hydrogen) atoms. The Morgan fingerprint density at radius 1 is 1.10 bits per heavy atom. The molecule has 0 radical (unpaired) electrons. The van der Waals surface area contributed by atoms with Gasteiger partial charge in [0, 0.05) is 10.5 Å². The first-order valence-corrected chi connectivity index (χ1v) is 7.94. The van der Waals surface area contributed by atoms with Crippen LogP contribution in [0.3, 0.4) is 0 Å². The molecule has 0 saturated carbocycles. The molecule has 0 spiro atoms. The molecular formula is C18H22BrN. The van der Waals surface area contributed by atoms with Crippen LogP contribution in [0.4, 0.5) is 0 Å². The second-order valence-corrected chi connectivity index (χ2v) is 6.22. The van der Waals surface area contributed by atoms with E-state index in [1.165, 1.54) is 22.3 Å². The van der Waals surface area contributed by atoms with Crippen molar-refractivity contribution in [3.8, 4) is 0 Å². The first-order chi connectivity index (χ1) is 9.60. The van der Waals surface area contributed by atoms with Crippen molar-refractivity contribution >= 4 is 15.9 Å². The predicted molar refractivity (Wildman–Crippen MR) is 90.2 cm³/mol. The van der Waals surface area contributed by atoms with Gasteiger partial charge in [-0.2, -0.15) is 0 Å². The smallest absolute Gasteiger partial charge is 0.0361 e. The summed E-state index contributed by atoms with van der Waals surface area (Å²) in [5.41, 5.74) is 5.46. The van der Waals surface area contributed by atoms with Crippen LogP contribution in [0.15, 0.2) is 46.9 Å². The summed E-state index contributed by atoms with van der Waals surface area (Å²) in [6.45, 7) is 7.49. The largest absolute Gasteiger partial charge is 0.310 e. The molecule has 1 nitrogen and oxygen atoms in total. The summed E-state index contributed by atoms with van der Waals surface area (Å²) in [6, 6.07) is 15.6. The molecule has 2 rings (SSSR count).